The molecule has 0 bridgehead atoms. The van der Waals surface area contributed by atoms with E-state index in [2.05, 4.69) is 20.6 Å². The topological polar surface area (TPSA) is 85.8 Å². The van der Waals surface area contributed by atoms with Crippen LogP contribution in [0.15, 0.2) is 64.2 Å². The molecule has 0 saturated heterocycles. The SMILES string of the molecule is Cc1ccc(-c2nnc(SCC(=O)Nc3c(C)nn(-c4ccccc4)c3C)o2)cc1. The maximum absolute atomic E-state index is 12.5. The summed E-state index contributed by atoms with van der Waals surface area (Å²) in [4.78, 5) is 12.5. The van der Waals surface area contributed by atoms with Gasteiger partial charge < -0.3 is 9.73 Å². The molecule has 0 radical (unpaired) electrons. The Kier molecular flexibility index (Phi) is 5.67. The maximum Gasteiger partial charge on any atom is 0.277 e. The highest BCUT2D eigenvalue weighted by atomic mass is 32.2. The van der Waals surface area contributed by atoms with Gasteiger partial charge in [-0.15, -0.1) is 10.2 Å². The molecule has 0 aliphatic carbocycles. The second kappa shape index (κ2) is 8.54. The van der Waals surface area contributed by atoms with Gasteiger partial charge in [0.2, 0.25) is 11.8 Å². The largest absolute Gasteiger partial charge is 0.411 e. The fourth-order valence-corrected chi connectivity index (χ4v) is 3.59. The maximum atomic E-state index is 12.5. The molecule has 4 aromatic rings. The molecule has 0 saturated carbocycles. The normalized spacial score (nSPS) is 10.9. The molecule has 0 fully saturated rings. The Morgan fingerprint density at radius 2 is 1.77 bits per heavy atom. The molecule has 2 heterocycles. The first-order valence-corrected chi connectivity index (χ1v) is 10.4. The highest BCUT2D eigenvalue weighted by Gasteiger charge is 2.16. The number of nitrogens with one attached hydrogen (secondary N) is 1. The number of rotatable bonds is 6. The van der Waals surface area contributed by atoms with Crippen LogP contribution in [0.1, 0.15) is 17.0 Å². The van der Waals surface area contributed by atoms with Crippen LogP contribution >= 0.6 is 11.8 Å². The lowest BCUT2D eigenvalue weighted by Gasteiger charge is -2.06. The van der Waals surface area contributed by atoms with Crippen molar-refractivity contribution >= 4 is 23.4 Å². The molecule has 1 amide bonds. The van der Waals surface area contributed by atoms with E-state index >= 15 is 0 Å². The summed E-state index contributed by atoms with van der Waals surface area (Å²) in [7, 11) is 0. The molecule has 0 unspecified atom stereocenters. The number of para-hydroxylation sites is 1. The predicted molar refractivity (Wildman–Crippen MR) is 117 cm³/mol. The summed E-state index contributed by atoms with van der Waals surface area (Å²) >= 11 is 1.20. The molecule has 7 nitrogen and oxygen atoms in total. The van der Waals surface area contributed by atoms with Crippen LogP contribution in [0.2, 0.25) is 0 Å². The Bertz CT molecular complexity index is 1170. The lowest BCUT2D eigenvalue weighted by molar-refractivity contribution is -0.113. The molecule has 1 N–H and O–H groups in total. The zero-order chi connectivity index (χ0) is 21.1. The number of hydrogen-bond donors (Lipinski definition) is 1. The number of hydrogen-bond acceptors (Lipinski definition) is 6. The minimum Gasteiger partial charge on any atom is -0.411 e. The van der Waals surface area contributed by atoms with Gasteiger partial charge in [-0.1, -0.05) is 47.7 Å². The Labute approximate surface area is 178 Å². The molecule has 0 aliphatic rings. The second-order valence-electron chi connectivity index (χ2n) is 6.87. The minimum atomic E-state index is -0.158. The van der Waals surface area contributed by atoms with E-state index < -0.39 is 0 Å². The second-order valence-corrected chi connectivity index (χ2v) is 7.80. The number of aryl methyl sites for hydroxylation is 2. The van der Waals surface area contributed by atoms with Crippen molar-refractivity contribution < 1.29 is 9.21 Å². The Balaban J connectivity index is 1.40. The van der Waals surface area contributed by atoms with E-state index in [4.69, 9.17) is 4.42 Å². The number of carbonyl (C=O) groups excluding carboxylic acids is 1. The van der Waals surface area contributed by atoms with Gasteiger partial charge in [0, 0.05) is 5.56 Å². The number of aromatic nitrogens is 4. The average molecular weight is 420 g/mol. The monoisotopic (exact) mass is 419 g/mol. The standard InChI is InChI=1S/C22H21N5O2S/c1-14-9-11-17(12-10-14)21-24-25-22(29-21)30-13-19(28)23-20-15(2)26-27(16(20)3)18-7-5-4-6-8-18/h4-12H,13H2,1-3H3,(H,23,28). The number of anilines is 1. The number of thioether (sulfide) groups is 1. The summed E-state index contributed by atoms with van der Waals surface area (Å²) in [6.07, 6.45) is 0. The molecule has 2 aromatic heterocycles. The zero-order valence-electron chi connectivity index (χ0n) is 16.9. The van der Waals surface area contributed by atoms with Crippen molar-refractivity contribution in [1.82, 2.24) is 20.0 Å². The van der Waals surface area contributed by atoms with Gasteiger partial charge in [-0.3, -0.25) is 4.79 Å². The van der Waals surface area contributed by atoms with Gasteiger partial charge in [0.1, 0.15) is 0 Å². The average Bonchev–Trinajstić information content (AvgIpc) is 3.34. The summed E-state index contributed by atoms with van der Waals surface area (Å²) < 4.78 is 7.49. The van der Waals surface area contributed by atoms with Crippen LogP contribution in [0.4, 0.5) is 5.69 Å². The van der Waals surface area contributed by atoms with Crippen LogP contribution in [0.5, 0.6) is 0 Å². The quantitative estimate of drug-likeness (QED) is 0.461. The van der Waals surface area contributed by atoms with Gasteiger partial charge in [-0.05, 0) is 45.0 Å². The van der Waals surface area contributed by atoms with E-state index in [1.165, 1.54) is 11.8 Å². The number of nitrogens with zero attached hydrogens (tertiary/aromatic N) is 4. The van der Waals surface area contributed by atoms with Crippen LogP contribution in [0.25, 0.3) is 17.1 Å². The van der Waals surface area contributed by atoms with Gasteiger partial charge in [-0.2, -0.15) is 5.10 Å². The molecular formula is C22H21N5O2S. The van der Waals surface area contributed by atoms with Crippen molar-refractivity contribution in [2.75, 3.05) is 11.1 Å². The lowest BCUT2D eigenvalue weighted by Crippen LogP contribution is -2.15. The Hall–Kier alpha value is -3.39. The third-order valence-electron chi connectivity index (χ3n) is 4.59. The molecule has 0 spiro atoms. The summed E-state index contributed by atoms with van der Waals surface area (Å²) in [5.41, 5.74) is 5.30. The van der Waals surface area contributed by atoms with E-state index in [9.17, 15) is 4.79 Å². The smallest absolute Gasteiger partial charge is 0.277 e. The Morgan fingerprint density at radius 1 is 1.03 bits per heavy atom. The molecule has 4 rings (SSSR count). The molecule has 2 aromatic carbocycles. The van der Waals surface area contributed by atoms with Gasteiger partial charge >= 0.3 is 0 Å². The first kappa shape index (κ1) is 19.9. The van der Waals surface area contributed by atoms with Gasteiger partial charge in [0.25, 0.3) is 5.22 Å². The predicted octanol–water partition coefficient (Wildman–Crippen LogP) is 4.58. The van der Waals surface area contributed by atoms with Crippen molar-refractivity contribution in [3.8, 4) is 17.1 Å². The molecule has 152 valence electrons. The van der Waals surface area contributed by atoms with E-state index in [1.807, 2.05) is 80.1 Å². The Morgan fingerprint density at radius 3 is 2.50 bits per heavy atom. The highest BCUT2D eigenvalue weighted by molar-refractivity contribution is 7.99. The molecule has 30 heavy (non-hydrogen) atoms. The fraction of sp³-hybridized carbons (Fsp3) is 0.182. The first-order valence-electron chi connectivity index (χ1n) is 9.46. The lowest BCUT2D eigenvalue weighted by atomic mass is 10.1. The zero-order valence-corrected chi connectivity index (χ0v) is 17.7. The summed E-state index contributed by atoms with van der Waals surface area (Å²) in [5.74, 6) is 0.438. The van der Waals surface area contributed by atoms with Crippen molar-refractivity contribution in [3.05, 3.63) is 71.5 Å². The fourth-order valence-electron chi connectivity index (χ4n) is 3.03. The first-order chi connectivity index (χ1) is 14.5. The summed E-state index contributed by atoms with van der Waals surface area (Å²) in [5, 5.41) is 15.9. The van der Waals surface area contributed by atoms with Crippen LogP contribution < -0.4 is 5.32 Å². The van der Waals surface area contributed by atoms with Gasteiger partial charge in [0.05, 0.1) is 28.5 Å². The van der Waals surface area contributed by atoms with E-state index in [0.717, 1.165) is 33.9 Å². The summed E-state index contributed by atoms with van der Waals surface area (Å²) in [6, 6.07) is 17.6. The van der Waals surface area contributed by atoms with E-state index in [0.29, 0.717) is 11.1 Å². The number of benzene rings is 2. The van der Waals surface area contributed by atoms with E-state index in [1.54, 1.807) is 0 Å². The van der Waals surface area contributed by atoms with Crippen molar-refractivity contribution in [3.63, 3.8) is 0 Å². The minimum absolute atomic E-state index is 0.158. The van der Waals surface area contributed by atoms with Crippen LogP contribution in [0.3, 0.4) is 0 Å². The van der Waals surface area contributed by atoms with Crippen LogP contribution in [0, 0.1) is 20.8 Å². The third kappa shape index (κ3) is 4.28. The highest BCUT2D eigenvalue weighted by Crippen LogP contribution is 2.25. The molecule has 0 atom stereocenters. The van der Waals surface area contributed by atoms with E-state index in [-0.39, 0.29) is 11.7 Å². The van der Waals surface area contributed by atoms with Crippen molar-refractivity contribution in [2.45, 2.75) is 26.0 Å². The summed E-state index contributed by atoms with van der Waals surface area (Å²) in [6.45, 7) is 5.83. The van der Waals surface area contributed by atoms with Gasteiger partial charge in [0.15, 0.2) is 0 Å². The van der Waals surface area contributed by atoms with Crippen LogP contribution in [-0.2, 0) is 4.79 Å². The van der Waals surface area contributed by atoms with Crippen LogP contribution in [-0.4, -0.2) is 31.6 Å². The number of amides is 1. The number of carbonyl (C=O) groups is 1. The van der Waals surface area contributed by atoms with Crippen molar-refractivity contribution in [1.29, 1.82) is 0 Å². The van der Waals surface area contributed by atoms with Gasteiger partial charge in [-0.25, -0.2) is 4.68 Å². The molecule has 0 aliphatic heterocycles. The molecular weight excluding hydrogens is 398 g/mol. The van der Waals surface area contributed by atoms with Crippen molar-refractivity contribution in [2.24, 2.45) is 0 Å². The third-order valence-corrected chi connectivity index (χ3v) is 5.41. The molecule has 8 heteroatoms.